The Hall–Kier alpha value is -0.140. The summed E-state index contributed by atoms with van der Waals surface area (Å²) in [4.78, 5) is 0. The van der Waals surface area contributed by atoms with Crippen molar-refractivity contribution in [2.24, 2.45) is 0 Å². The molecular weight excluding hydrogens is 345 g/mol. The van der Waals surface area contributed by atoms with Crippen LogP contribution in [-0.2, 0) is 0 Å². The highest BCUT2D eigenvalue weighted by Gasteiger charge is 2.72. The fourth-order valence-corrected chi connectivity index (χ4v) is 2.98. The summed E-state index contributed by atoms with van der Waals surface area (Å²) in [6.07, 6.45) is -0.241. The fourth-order valence-electron chi connectivity index (χ4n) is 2.02. The SMILES string of the molecule is CCCCCCCCCSCCCC(F)(F)C(F)(F)C(F)(F)F. The van der Waals surface area contributed by atoms with E-state index < -0.39 is 24.4 Å². The van der Waals surface area contributed by atoms with E-state index in [-0.39, 0.29) is 12.2 Å². The Morgan fingerprint density at radius 3 is 1.65 bits per heavy atom. The number of alkyl halides is 7. The highest BCUT2D eigenvalue weighted by atomic mass is 32.2. The molecule has 0 aromatic rings. The molecule has 0 aliphatic carbocycles. The maximum atomic E-state index is 13.0. The molecule has 0 aromatic carbocycles. The lowest BCUT2D eigenvalue weighted by atomic mass is 10.1. The minimum Gasteiger partial charge on any atom is -0.200 e. The molecule has 0 saturated carbocycles. The van der Waals surface area contributed by atoms with Crippen LogP contribution in [0.5, 0.6) is 0 Å². The normalized spacial score (nSPS) is 13.6. The molecule has 0 heterocycles. The van der Waals surface area contributed by atoms with Gasteiger partial charge in [0.15, 0.2) is 0 Å². The van der Waals surface area contributed by atoms with E-state index in [0.29, 0.717) is 0 Å². The number of halogens is 7. The first kappa shape index (κ1) is 22.9. The second-order valence-electron chi connectivity index (χ2n) is 5.61. The van der Waals surface area contributed by atoms with Gasteiger partial charge in [-0.1, -0.05) is 45.4 Å². The van der Waals surface area contributed by atoms with Crippen molar-refractivity contribution in [1.29, 1.82) is 0 Å². The minimum atomic E-state index is -6.22. The molecule has 0 bridgehead atoms. The van der Waals surface area contributed by atoms with Crippen LogP contribution in [0.15, 0.2) is 0 Å². The molecule has 0 N–H and O–H groups in total. The van der Waals surface area contributed by atoms with Gasteiger partial charge in [-0.3, -0.25) is 0 Å². The molecule has 0 unspecified atom stereocenters. The zero-order valence-corrected chi connectivity index (χ0v) is 14.1. The average molecular weight is 370 g/mol. The lowest BCUT2D eigenvalue weighted by Crippen LogP contribution is -2.51. The van der Waals surface area contributed by atoms with Gasteiger partial charge in [0, 0.05) is 6.42 Å². The van der Waals surface area contributed by atoms with E-state index in [1.165, 1.54) is 31.0 Å². The van der Waals surface area contributed by atoms with Crippen molar-refractivity contribution in [1.82, 2.24) is 0 Å². The molecule has 0 saturated heterocycles. The van der Waals surface area contributed by atoms with Gasteiger partial charge in [0.1, 0.15) is 0 Å². The highest BCUT2D eigenvalue weighted by molar-refractivity contribution is 7.99. The maximum absolute atomic E-state index is 13.0. The molecule has 0 amide bonds. The predicted molar refractivity (Wildman–Crippen MR) is 80.5 cm³/mol. The van der Waals surface area contributed by atoms with E-state index in [0.717, 1.165) is 31.4 Å². The van der Waals surface area contributed by atoms with Gasteiger partial charge in [-0.05, 0) is 24.3 Å². The van der Waals surface area contributed by atoms with Gasteiger partial charge in [-0.2, -0.15) is 42.5 Å². The summed E-state index contributed by atoms with van der Waals surface area (Å²) in [6, 6.07) is 0. The van der Waals surface area contributed by atoms with Crippen LogP contribution in [-0.4, -0.2) is 29.5 Å². The van der Waals surface area contributed by atoms with Crippen molar-refractivity contribution in [3.05, 3.63) is 0 Å². The molecule has 140 valence electrons. The molecular formula is C15H25F7S. The van der Waals surface area contributed by atoms with Gasteiger partial charge in [-0.25, -0.2) is 0 Å². The predicted octanol–water partition coefficient (Wildman–Crippen LogP) is 7.08. The first-order valence-corrected chi connectivity index (χ1v) is 9.12. The third-order valence-electron chi connectivity index (χ3n) is 3.49. The lowest BCUT2D eigenvalue weighted by Gasteiger charge is -2.28. The third-order valence-corrected chi connectivity index (χ3v) is 4.64. The van der Waals surface area contributed by atoms with Gasteiger partial charge in [0.05, 0.1) is 0 Å². The summed E-state index contributed by atoms with van der Waals surface area (Å²) < 4.78 is 87.0. The molecule has 0 rings (SSSR count). The van der Waals surface area contributed by atoms with Crippen LogP contribution in [0.1, 0.15) is 64.7 Å². The molecule has 0 aliphatic rings. The number of thioether (sulfide) groups is 1. The Morgan fingerprint density at radius 2 is 1.13 bits per heavy atom. The first-order chi connectivity index (χ1) is 10.6. The Balaban J connectivity index is 3.72. The average Bonchev–Trinajstić information content (AvgIpc) is 2.43. The molecule has 0 radical (unpaired) electrons. The summed E-state index contributed by atoms with van der Waals surface area (Å²) in [6.45, 7) is 2.13. The van der Waals surface area contributed by atoms with Crippen molar-refractivity contribution in [2.75, 3.05) is 11.5 Å². The minimum absolute atomic E-state index is 0.166. The molecule has 0 aliphatic heterocycles. The summed E-state index contributed by atoms with van der Waals surface area (Å²) in [5, 5.41) is 0. The van der Waals surface area contributed by atoms with E-state index in [1.807, 2.05) is 0 Å². The Morgan fingerprint density at radius 1 is 0.652 bits per heavy atom. The molecule has 8 heteroatoms. The smallest absolute Gasteiger partial charge is 0.200 e. The Labute approximate surface area is 137 Å². The molecule has 0 nitrogen and oxygen atoms in total. The van der Waals surface area contributed by atoms with E-state index in [1.54, 1.807) is 0 Å². The van der Waals surface area contributed by atoms with Crippen molar-refractivity contribution >= 4 is 11.8 Å². The number of hydrogen-bond donors (Lipinski definition) is 0. The van der Waals surface area contributed by atoms with Gasteiger partial charge in [-0.15, -0.1) is 0 Å². The van der Waals surface area contributed by atoms with Crippen LogP contribution >= 0.6 is 11.8 Å². The van der Waals surface area contributed by atoms with Crippen molar-refractivity contribution in [3.63, 3.8) is 0 Å². The van der Waals surface area contributed by atoms with Gasteiger partial charge in [0.2, 0.25) is 0 Å². The number of hydrogen-bond acceptors (Lipinski definition) is 1. The fraction of sp³-hybridized carbons (Fsp3) is 1.00. The third kappa shape index (κ3) is 8.49. The van der Waals surface area contributed by atoms with Gasteiger partial charge < -0.3 is 0 Å². The van der Waals surface area contributed by atoms with Crippen LogP contribution in [0.3, 0.4) is 0 Å². The van der Waals surface area contributed by atoms with E-state index >= 15 is 0 Å². The largest absolute Gasteiger partial charge is 0.459 e. The zero-order chi connectivity index (χ0) is 18.0. The zero-order valence-electron chi connectivity index (χ0n) is 13.3. The first-order valence-electron chi connectivity index (χ1n) is 7.96. The number of rotatable bonds is 13. The van der Waals surface area contributed by atoms with E-state index in [2.05, 4.69) is 6.92 Å². The molecule has 0 aromatic heterocycles. The Kier molecular flexibility index (Phi) is 10.6. The van der Waals surface area contributed by atoms with Crippen molar-refractivity contribution in [2.45, 2.75) is 82.7 Å². The molecule has 0 atom stereocenters. The summed E-state index contributed by atoms with van der Waals surface area (Å²) in [5.74, 6) is -10.1. The maximum Gasteiger partial charge on any atom is 0.459 e. The molecule has 0 fully saturated rings. The lowest BCUT2D eigenvalue weighted by molar-refractivity contribution is -0.355. The quantitative estimate of drug-likeness (QED) is 0.246. The van der Waals surface area contributed by atoms with Gasteiger partial charge >= 0.3 is 18.0 Å². The Bertz CT molecular complexity index is 303. The molecule has 23 heavy (non-hydrogen) atoms. The topological polar surface area (TPSA) is 0 Å². The van der Waals surface area contributed by atoms with Crippen molar-refractivity contribution in [3.8, 4) is 0 Å². The van der Waals surface area contributed by atoms with Crippen LogP contribution < -0.4 is 0 Å². The molecule has 0 spiro atoms. The number of unbranched alkanes of at least 4 members (excludes halogenated alkanes) is 6. The standard InChI is InChI=1S/C15H25F7S/c1-2-3-4-5-6-7-8-11-23-12-9-10-13(16,17)14(18,19)15(20,21)22/h2-12H2,1H3. The summed E-state index contributed by atoms with van der Waals surface area (Å²) in [7, 11) is 0. The van der Waals surface area contributed by atoms with Crippen LogP contribution in [0.2, 0.25) is 0 Å². The van der Waals surface area contributed by atoms with Gasteiger partial charge in [0.25, 0.3) is 0 Å². The van der Waals surface area contributed by atoms with Crippen molar-refractivity contribution < 1.29 is 30.7 Å². The van der Waals surface area contributed by atoms with Crippen LogP contribution in [0.25, 0.3) is 0 Å². The van der Waals surface area contributed by atoms with E-state index in [4.69, 9.17) is 0 Å². The van der Waals surface area contributed by atoms with Crippen LogP contribution in [0, 0.1) is 0 Å². The second-order valence-corrected chi connectivity index (χ2v) is 6.84. The highest BCUT2D eigenvalue weighted by Crippen LogP contribution is 2.48. The summed E-state index contributed by atoms with van der Waals surface area (Å²) in [5.41, 5.74) is 0. The monoisotopic (exact) mass is 370 g/mol. The second kappa shape index (κ2) is 10.7. The summed E-state index contributed by atoms with van der Waals surface area (Å²) >= 11 is 1.32. The van der Waals surface area contributed by atoms with E-state index in [9.17, 15) is 30.7 Å². The van der Waals surface area contributed by atoms with Crippen LogP contribution in [0.4, 0.5) is 30.7 Å².